The van der Waals surface area contributed by atoms with E-state index >= 15 is 0 Å². The third kappa shape index (κ3) is 4.79. The van der Waals surface area contributed by atoms with Gasteiger partial charge in [0.2, 0.25) is 0 Å². The van der Waals surface area contributed by atoms with E-state index in [2.05, 4.69) is 10.6 Å². The summed E-state index contributed by atoms with van der Waals surface area (Å²) in [5.41, 5.74) is -1.46. The molecule has 166 valence electrons. The van der Waals surface area contributed by atoms with Crippen LogP contribution in [0.15, 0.2) is 18.2 Å². The topological polar surface area (TPSA) is 112 Å². The Balaban J connectivity index is 1.75. The number of imide groups is 1. The number of rotatable bonds is 4. The van der Waals surface area contributed by atoms with Crippen LogP contribution in [-0.4, -0.2) is 40.6 Å². The summed E-state index contributed by atoms with van der Waals surface area (Å²) in [6, 6.07) is 5.20. The molecule has 1 aromatic rings. The number of nitrogens with one attached hydrogen (secondary N) is 2. The number of hydrogen-bond acceptors (Lipinski definition) is 5. The van der Waals surface area contributed by atoms with Gasteiger partial charge in [0.15, 0.2) is 0 Å². The highest BCUT2D eigenvalue weighted by molar-refractivity contribution is 6.07. The highest BCUT2D eigenvalue weighted by Gasteiger charge is 2.56. The van der Waals surface area contributed by atoms with Crippen LogP contribution in [0.3, 0.4) is 0 Å². The summed E-state index contributed by atoms with van der Waals surface area (Å²) in [5.74, 6) is -1.37. The highest BCUT2D eigenvalue weighted by Crippen LogP contribution is 2.39. The lowest BCUT2D eigenvalue weighted by atomic mass is 9.72. The normalized spacial score (nSPS) is 23.5. The number of hydrogen-bond donors (Lipinski definition) is 2. The van der Waals surface area contributed by atoms with Crippen molar-refractivity contribution < 1.29 is 23.5 Å². The number of alkyl carbamates (subject to hydrolysis) is 1. The van der Waals surface area contributed by atoms with E-state index in [1.807, 2.05) is 6.07 Å². The first-order valence-electron chi connectivity index (χ1n) is 10.4. The maximum atomic E-state index is 14.3. The third-order valence-corrected chi connectivity index (χ3v) is 5.67. The lowest BCUT2D eigenvalue weighted by Gasteiger charge is -2.39. The number of halogens is 1. The van der Waals surface area contributed by atoms with Crippen LogP contribution in [0.25, 0.3) is 0 Å². The van der Waals surface area contributed by atoms with E-state index in [1.54, 1.807) is 20.8 Å². The van der Waals surface area contributed by atoms with Gasteiger partial charge in [0.25, 0.3) is 5.91 Å². The number of carbonyl (C=O) groups is 3. The number of nitriles is 1. The number of amides is 4. The molecule has 1 heterocycles. The number of ether oxygens (including phenoxy) is 1. The first-order valence-corrected chi connectivity index (χ1v) is 10.4. The molecule has 1 aliphatic heterocycles. The van der Waals surface area contributed by atoms with Crippen LogP contribution < -0.4 is 10.6 Å². The maximum absolute atomic E-state index is 14.3. The van der Waals surface area contributed by atoms with Crippen LogP contribution >= 0.6 is 0 Å². The predicted molar refractivity (Wildman–Crippen MR) is 109 cm³/mol. The summed E-state index contributed by atoms with van der Waals surface area (Å²) in [7, 11) is 0. The van der Waals surface area contributed by atoms with Gasteiger partial charge in [0.05, 0.1) is 18.2 Å². The standard InChI is InChI=1S/C22H27FN4O4/c1-21(2,3)31-20(30)25-12-16-6-4-5-9-22(16)18(28)27(19(29)26-22)13-15-8-7-14(11-24)10-17(15)23/h7-8,10,16H,4-6,9,12-13H2,1-3H3,(H,25,30)(H,26,29). The van der Waals surface area contributed by atoms with E-state index in [9.17, 15) is 18.8 Å². The van der Waals surface area contributed by atoms with Crippen LogP contribution in [0.5, 0.6) is 0 Å². The minimum Gasteiger partial charge on any atom is -0.444 e. The van der Waals surface area contributed by atoms with Crippen LogP contribution in [0, 0.1) is 23.1 Å². The van der Waals surface area contributed by atoms with E-state index in [0.29, 0.717) is 12.8 Å². The fourth-order valence-corrected chi connectivity index (χ4v) is 4.19. The Hall–Kier alpha value is -3.15. The van der Waals surface area contributed by atoms with Gasteiger partial charge >= 0.3 is 12.1 Å². The smallest absolute Gasteiger partial charge is 0.407 e. The molecular formula is C22H27FN4O4. The molecule has 1 saturated carbocycles. The van der Waals surface area contributed by atoms with E-state index < -0.39 is 35.0 Å². The van der Waals surface area contributed by atoms with Crippen molar-refractivity contribution in [2.24, 2.45) is 5.92 Å². The minimum absolute atomic E-state index is 0.152. The van der Waals surface area contributed by atoms with Gasteiger partial charge in [-0.1, -0.05) is 18.9 Å². The predicted octanol–water partition coefficient (Wildman–Crippen LogP) is 3.20. The molecule has 1 saturated heterocycles. The van der Waals surface area contributed by atoms with Gasteiger partial charge in [-0.05, 0) is 45.7 Å². The molecule has 1 aliphatic carbocycles. The first kappa shape index (κ1) is 22.5. The van der Waals surface area contributed by atoms with Gasteiger partial charge in [-0.3, -0.25) is 9.69 Å². The molecule has 0 aromatic heterocycles. The molecule has 2 unspecified atom stereocenters. The molecule has 1 spiro atoms. The molecule has 8 nitrogen and oxygen atoms in total. The highest BCUT2D eigenvalue weighted by atomic mass is 19.1. The molecule has 0 radical (unpaired) electrons. The molecule has 4 amide bonds. The van der Waals surface area contributed by atoms with Gasteiger partial charge in [-0.15, -0.1) is 0 Å². The zero-order valence-electron chi connectivity index (χ0n) is 18.0. The van der Waals surface area contributed by atoms with Gasteiger partial charge in [-0.2, -0.15) is 5.26 Å². The Morgan fingerprint density at radius 2 is 2.13 bits per heavy atom. The molecule has 2 aliphatic rings. The SMILES string of the molecule is CC(C)(C)OC(=O)NCC1CCCCC12NC(=O)N(Cc1ccc(C#N)cc1F)C2=O. The van der Waals surface area contributed by atoms with Crippen molar-refractivity contribution in [3.05, 3.63) is 35.1 Å². The van der Waals surface area contributed by atoms with Crippen molar-refractivity contribution >= 4 is 18.0 Å². The van der Waals surface area contributed by atoms with Crippen molar-refractivity contribution in [3.63, 3.8) is 0 Å². The van der Waals surface area contributed by atoms with Gasteiger partial charge < -0.3 is 15.4 Å². The second-order valence-electron chi connectivity index (χ2n) is 9.04. The summed E-state index contributed by atoms with van der Waals surface area (Å²) in [6.07, 6.45) is 2.15. The Bertz CT molecular complexity index is 936. The molecule has 2 fully saturated rings. The zero-order valence-corrected chi connectivity index (χ0v) is 18.0. The molecule has 1 aromatic carbocycles. The number of carbonyl (C=O) groups excluding carboxylic acids is 3. The fraction of sp³-hybridized carbons (Fsp3) is 0.545. The lowest BCUT2D eigenvalue weighted by Crippen LogP contribution is -2.57. The van der Waals surface area contributed by atoms with Crippen LogP contribution in [0.4, 0.5) is 14.0 Å². The number of benzene rings is 1. The minimum atomic E-state index is -1.13. The van der Waals surface area contributed by atoms with Crippen LogP contribution in [0.2, 0.25) is 0 Å². The first-order chi connectivity index (χ1) is 14.6. The molecule has 9 heteroatoms. The van der Waals surface area contributed by atoms with Crippen molar-refractivity contribution in [3.8, 4) is 6.07 Å². The van der Waals surface area contributed by atoms with E-state index in [4.69, 9.17) is 10.00 Å². The molecule has 3 rings (SSSR count). The average molecular weight is 430 g/mol. The van der Waals surface area contributed by atoms with Gasteiger partial charge in [0.1, 0.15) is 17.0 Å². The van der Waals surface area contributed by atoms with E-state index in [-0.39, 0.29) is 30.1 Å². The Labute approximate surface area is 180 Å². The van der Waals surface area contributed by atoms with Crippen molar-refractivity contribution in [2.45, 2.75) is 64.1 Å². The van der Waals surface area contributed by atoms with Crippen LogP contribution in [0.1, 0.15) is 57.6 Å². The third-order valence-electron chi connectivity index (χ3n) is 5.67. The number of urea groups is 1. The number of nitrogens with zero attached hydrogens (tertiary/aromatic N) is 2. The quantitative estimate of drug-likeness (QED) is 0.713. The Morgan fingerprint density at radius 1 is 1.39 bits per heavy atom. The molecule has 2 N–H and O–H groups in total. The van der Waals surface area contributed by atoms with E-state index in [1.165, 1.54) is 12.1 Å². The summed E-state index contributed by atoms with van der Waals surface area (Å²) in [5, 5.41) is 14.4. The average Bonchev–Trinajstić information content (AvgIpc) is 2.92. The molecule has 0 bridgehead atoms. The summed E-state index contributed by atoms with van der Waals surface area (Å²) < 4.78 is 19.6. The van der Waals surface area contributed by atoms with Gasteiger partial charge in [-0.25, -0.2) is 14.0 Å². The lowest BCUT2D eigenvalue weighted by molar-refractivity contribution is -0.135. The Morgan fingerprint density at radius 3 is 2.77 bits per heavy atom. The van der Waals surface area contributed by atoms with Crippen molar-refractivity contribution in [1.29, 1.82) is 5.26 Å². The van der Waals surface area contributed by atoms with Crippen LogP contribution in [-0.2, 0) is 16.1 Å². The summed E-state index contributed by atoms with van der Waals surface area (Å²) in [4.78, 5) is 39.1. The van der Waals surface area contributed by atoms with Crippen molar-refractivity contribution in [1.82, 2.24) is 15.5 Å². The van der Waals surface area contributed by atoms with E-state index in [0.717, 1.165) is 23.8 Å². The van der Waals surface area contributed by atoms with Crippen molar-refractivity contribution in [2.75, 3.05) is 6.54 Å². The molecule has 31 heavy (non-hydrogen) atoms. The zero-order chi connectivity index (χ0) is 22.8. The second kappa shape index (κ2) is 8.53. The molecule has 2 atom stereocenters. The summed E-state index contributed by atoms with van der Waals surface area (Å²) >= 11 is 0. The van der Waals surface area contributed by atoms with Gasteiger partial charge in [0, 0.05) is 18.0 Å². The Kier molecular flexibility index (Phi) is 6.20. The second-order valence-corrected chi connectivity index (χ2v) is 9.04. The monoisotopic (exact) mass is 430 g/mol. The maximum Gasteiger partial charge on any atom is 0.407 e. The molecular weight excluding hydrogens is 403 g/mol. The summed E-state index contributed by atoms with van der Waals surface area (Å²) in [6.45, 7) is 5.23. The fourth-order valence-electron chi connectivity index (χ4n) is 4.19. The largest absolute Gasteiger partial charge is 0.444 e.